The summed E-state index contributed by atoms with van der Waals surface area (Å²) in [6.07, 6.45) is -1.06. The molecule has 39 heavy (non-hydrogen) atoms. The molecule has 2 heterocycles. The van der Waals surface area contributed by atoms with Crippen molar-refractivity contribution in [1.29, 1.82) is 0 Å². The highest BCUT2D eigenvalue weighted by atomic mass is 32.1. The molecule has 0 aliphatic rings. The number of fused-ring (bicyclic) bond motifs is 1. The SMILES string of the molecule is Cc1nc(-c2ccc3c(=O)n(CC(C)C)c(CN(C(=O)O)C(C)(C)C)c(-c4ccccc4)c3c2)sc1C(N)=O. The Labute approximate surface area is 231 Å². The first-order valence-corrected chi connectivity index (χ1v) is 13.6. The van der Waals surface area contributed by atoms with Gasteiger partial charge in [-0.3, -0.25) is 14.5 Å². The van der Waals surface area contributed by atoms with Gasteiger partial charge >= 0.3 is 6.09 Å². The number of aromatic nitrogens is 2. The summed E-state index contributed by atoms with van der Waals surface area (Å²) >= 11 is 1.21. The molecule has 0 atom stereocenters. The minimum atomic E-state index is -1.06. The number of carboxylic acid groups (broad SMARTS) is 1. The molecule has 204 valence electrons. The summed E-state index contributed by atoms with van der Waals surface area (Å²) in [6, 6.07) is 15.2. The maximum Gasteiger partial charge on any atom is 0.408 e. The lowest BCUT2D eigenvalue weighted by Gasteiger charge is -2.35. The predicted molar refractivity (Wildman–Crippen MR) is 156 cm³/mol. The molecule has 0 aliphatic carbocycles. The van der Waals surface area contributed by atoms with Crippen LogP contribution in [-0.4, -0.2) is 37.1 Å². The summed E-state index contributed by atoms with van der Waals surface area (Å²) in [5.41, 5.74) is 8.28. The standard InChI is InChI=1S/C30H34N4O4S/c1-17(2)15-33-23(16-34(29(37)38)30(4,5)6)24(19-10-8-7-9-11-19)22-14-20(12-13-21(22)28(33)36)27-32-18(3)25(39-27)26(31)35/h7-14,17H,15-16H2,1-6H3,(H2,31,35)(H,37,38). The summed E-state index contributed by atoms with van der Waals surface area (Å²) in [7, 11) is 0. The first-order chi connectivity index (χ1) is 18.3. The quantitative estimate of drug-likeness (QED) is 0.289. The van der Waals surface area contributed by atoms with Crippen LogP contribution in [0.15, 0.2) is 53.3 Å². The molecule has 0 fully saturated rings. The number of hydrogen-bond donors (Lipinski definition) is 2. The fourth-order valence-electron chi connectivity index (χ4n) is 4.77. The molecule has 8 nitrogen and oxygen atoms in total. The van der Waals surface area contributed by atoms with Crippen LogP contribution < -0.4 is 11.3 Å². The van der Waals surface area contributed by atoms with Crippen molar-refractivity contribution in [2.75, 3.05) is 0 Å². The highest BCUT2D eigenvalue weighted by Gasteiger charge is 2.30. The fourth-order valence-corrected chi connectivity index (χ4v) is 5.68. The number of benzene rings is 2. The van der Waals surface area contributed by atoms with Gasteiger partial charge in [-0.05, 0) is 56.7 Å². The van der Waals surface area contributed by atoms with E-state index in [0.717, 1.165) is 16.7 Å². The van der Waals surface area contributed by atoms with Crippen LogP contribution in [0.1, 0.15) is 55.7 Å². The Morgan fingerprint density at radius 3 is 2.28 bits per heavy atom. The molecule has 0 aliphatic heterocycles. The second-order valence-electron chi connectivity index (χ2n) is 11.1. The third-order valence-electron chi connectivity index (χ3n) is 6.60. The van der Waals surface area contributed by atoms with E-state index in [1.807, 2.05) is 77.1 Å². The van der Waals surface area contributed by atoms with Crippen LogP contribution in [-0.2, 0) is 13.1 Å². The zero-order valence-electron chi connectivity index (χ0n) is 23.1. The Kier molecular flexibility index (Phi) is 7.66. The number of hydrogen-bond acceptors (Lipinski definition) is 5. The smallest absolute Gasteiger partial charge is 0.408 e. The van der Waals surface area contributed by atoms with E-state index >= 15 is 0 Å². The monoisotopic (exact) mass is 546 g/mol. The van der Waals surface area contributed by atoms with Crippen LogP contribution >= 0.6 is 11.3 Å². The van der Waals surface area contributed by atoms with Crippen LogP contribution in [0.2, 0.25) is 0 Å². The average Bonchev–Trinajstić information content (AvgIpc) is 3.25. The first-order valence-electron chi connectivity index (χ1n) is 12.8. The highest BCUT2D eigenvalue weighted by molar-refractivity contribution is 7.17. The number of amides is 2. The number of thiazole rings is 1. The minimum absolute atomic E-state index is 0.0351. The van der Waals surface area contributed by atoms with E-state index < -0.39 is 17.5 Å². The van der Waals surface area contributed by atoms with Crippen LogP contribution in [0.3, 0.4) is 0 Å². The number of carbonyl (C=O) groups excluding carboxylic acids is 1. The second kappa shape index (κ2) is 10.6. The Balaban J connectivity index is 2.11. The van der Waals surface area contributed by atoms with Gasteiger partial charge in [-0.25, -0.2) is 9.78 Å². The predicted octanol–water partition coefficient (Wildman–Crippen LogP) is 6.13. The molecule has 9 heteroatoms. The van der Waals surface area contributed by atoms with Gasteiger partial charge in [0.25, 0.3) is 11.5 Å². The molecular formula is C30H34N4O4S. The molecule has 0 radical (unpaired) electrons. The molecule has 4 rings (SSSR count). The number of nitrogens with zero attached hydrogens (tertiary/aromatic N) is 3. The van der Waals surface area contributed by atoms with Crippen molar-refractivity contribution < 1.29 is 14.7 Å². The van der Waals surface area contributed by atoms with Crippen molar-refractivity contribution in [2.24, 2.45) is 11.7 Å². The summed E-state index contributed by atoms with van der Waals surface area (Å²) in [5.74, 6) is -0.378. The molecule has 0 bridgehead atoms. The van der Waals surface area contributed by atoms with Crippen LogP contribution in [0.4, 0.5) is 4.79 Å². The Bertz CT molecular complexity index is 1610. The van der Waals surface area contributed by atoms with Crippen molar-refractivity contribution >= 4 is 34.1 Å². The van der Waals surface area contributed by atoms with E-state index in [0.29, 0.717) is 38.6 Å². The summed E-state index contributed by atoms with van der Waals surface area (Å²) in [6.45, 7) is 11.8. The molecule has 4 aromatic rings. The maximum atomic E-state index is 14.0. The molecule has 0 unspecified atom stereocenters. The molecule has 0 saturated heterocycles. The van der Waals surface area contributed by atoms with E-state index in [1.54, 1.807) is 17.6 Å². The molecule has 2 aromatic heterocycles. The van der Waals surface area contributed by atoms with Gasteiger partial charge in [0.1, 0.15) is 9.88 Å². The number of aryl methyl sites for hydroxylation is 1. The van der Waals surface area contributed by atoms with Crippen LogP contribution in [0.25, 0.3) is 32.5 Å². The zero-order valence-corrected chi connectivity index (χ0v) is 23.9. The summed E-state index contributed by atoms with van der Waals surface area (Å²) in [5, 5.41) is 12.0. The zero-order chi connectivity index (χ0) is 28.6. The van der Waals surface area contributed by atoms with Gasteiger partial charge in [0.2, 0.25) is 0 Å². The van der Waals surface area contributed by atoms with Gasteiger partial charge in [-0.2, -0.15) is 0 Å². The van der Waals surface area contributed by atoms with Gasteiger partial charge < -0.3 is 15.4 Å². The third kappa shape index (κ3) is 5.59. The number of primary amides is 1. The third-order valence-corrected chi connectivity index (χ3v) is 7.83. The van der Waals surface area contributed by atoms with Crippen molar-refractivity contribution in [3.05, 3.63) is 75.1 Å². The largest absolute Gasteiger partial charge is 0.465 e. The highest BCUT2D eigenvalue weighted by Crippen LogP contribution is 2.36. The van der Waals surface area contributed by atoms with Gasteiger partial charge in [0.05, 0.1) is 12.2 Å². The van der Waals surface area contributed by atoms with Gasteiger partial charge in [0, 0.05) is 34.3 Å². The number of rotatable bonds is 7. The lowest BCUT2D eigenvalue weighted by Crippen LogP contribution is -2.45. The molecule has 3 N–H and O–H groups in total. The second-order valence-corrected chi connectivity index (χ2v) is 12.1. The Hall–Kier alpha value is -3.98. The van der Waals surface area contributed by atoms with Crippen molar-refractivity contribution in [3.8, 4) is 21.7 Å². The lowest BCUT2D eigenvalue weighted by molar-refractivity contribution is 0.0936. The van der Waals surface area contributed by atoms with E-state index in [9.17, 15) is 19.5 Å². The van der Waals surface area contributed by atoms with Crippen molar-refractivity contribution in [3.63, 3.8) is 0 Å². The van der Waals surface area contributed by atoms with Crippen LogP contribution in [0, 0.1) is 12.8 Å². The number of carbonyl (C=O) groups is 2. The number of pyridine rings is 1. The van der Waals surface area contributed by atoms with Crippen molar-refractivity contribution in [2.45, 2.75) is 60.2 Å². The fraction of sp³-hybridized carbons (Fsp3) is 0.333. The topological polar surface area (TPSA) is 119 Å². The van der Waals surface area contributed by atoms with Gasteiger partial charge in [-0.15, -0.1) is 11.3 Å². The Morgan fingerprint density at radius 1 is 1.08 bits per heavy atom. The minimum Gasteiger partial charge on any atom is -0.465 e. The maximum absolute atomic E-state index is 14.0. The lowest BCUT2D eigenvalue weighted by atomic mass is 9.94. The summed E-state index contributed by atoms with van der Waals surface area (Å²) < 4.78 is 1.73. The molecule has 0 saturated carbocycles. The molecule has 2 aromatic carbocycles. The summed E-state index contributed by atoms with van der Waals surface area (Å²) in [4.78, 5) is 44.6. The van der Waals surface area contributed by atoms with Crippen LogP contribution in [0.5, 0.6) is 0 Å². The van der Waals surface area contributed by atoms with E-state index in [4.69, 9.17) is 5.73 Å². The van der Waals surface area contributed by atoms with E-state index in [-0.39, 0.29) is 18.0 Å². The first kappa shape index (κ1) is 28.0. The molecule has 0 spiro atoms. The molecule has 2 amide bonds. The van der Waals surface area contributed by atoms with E-state index in [1.165, 1.54) is 16.2 Å². The van der Waals surface area contributed by atoms with Crippen molar-refractivity contribution in [1.82, 2.24) is 14.5 Å². The normalized spacial score (nSPS) is 11.8. The average molecular weight is 547 g/mol. The molecular weight excluding hydrogens is 512 g/mol. The number of nitrogens with two attached hydrogens (primary N) is 1. The van der Waals surface area contributed by atoms with Gasteiger partial charge in [-0.1, -0.05) is 50.2 Å². The van der Waals surface area contributed by atoms with E-state index in [2.05, 4.69) is 4.98 Å². The van der Waals surface area contributed by atoms with Gasteiger partial charge in [0.15, 0.2) is 0 Å². The Morgan fingerprint density at radius 2 is 1.74 bits per heavy atom.